The standard InChI is InChI=1S/C15H24BrNO2/c1-4-18-15(19-5-2)10-11-17(3)12-13-8-6-7-9-14(13)16/h6-9,15H,4-5,10-12H2,1-3H3. The van der Waals surface area contributed by atoms with E-state index in [0.29, 0.717) is 13.2 Å². The zero-order valence-electron chi connectivity index (χ0n) is 12.1. The Morgan fingerprint density at radius 2 is 1.79 bits per heavy atom. The molecule has 0 heterocycles. The first-order chi connectivity index (χ1) is 9.17. The van der Waals surface area contributed by atoms with Crippen LogP contribution in [0.1, 0.15) is 25.8 Å². The molecule has 0 unspecified atom stereocenters. The van der Waals surface area contributed by atoms with E-state index in [1.54, 1.807) is 0 Å². The van der Waals surface area contributed by atoms with Gasteiger partial charge in [0.05, 0.1) is 0 Å². The smallest absolute Gasteiger partial charge is 0.158 e. The zero-order chi connectivity index (χ0) is 14.1. The summed E-state index contributed by atoms with van der Waals surface area (Å²) >= 11 is 3.58. The average molecular weight is 330 g/mol. The molecule has 0 saturated carbocycles. The molecule has 108 valence electrons. The molecule has 0 aliphatic heterocycles. The van der Waals surface area contributed by atoms with Gasteiger partial charge in [-0.2, -0.15) is 0 Å². The van der Waals surface area contributed by atoms with Gasteiger partial charge in [0.15, 0.2) is 6.29 Å². The largest absolute Gasteiger partial charge is 0.353 e. The van der Waals surface area contributed by atoms with Gasteiger partial charge in [0.2, 0.25) is 0 Å². The highest BCUT2D eigenvalue weighted by atomic mass is 79.9. The lowest BCUT2D eigenvalue weighted by Gasteiger charge is -2.22. The Hall–Kier alpha value is -0.420. The molecule has 0 radical (unpaired) electrons. The van der Waals surface area contributed by atoms with E-state index in [-0.39, 0.29) is 6.29 Å². The highest BCUT2D eigenvalue weighted by molar-refractivity contribution is 9.10. The number of hydrogen-bond acceptors (Lipinski definition) is 3. The third-order valence-electron chi connectivity index (χ3n) is 2.85. The highest BCUT2D eigenvalue weighted by Gasteiger charge is 2.10. The molecule has 1 aromatic rings. The maximum absolute atomic E-state index is 5.55. The topological polar surface area (TPSA) is 21.7 Å². The van der Waals surface area contributed by atoms with Crippen molar-refractivity contribution in [2.24, 2.45) is 0 Å². The summed E-state index contributed by atoms with van der Waals surface area (Å²) in [6.45, 7) is 7.25. The molecular weight excluding hydrogens is 306 g/mol. The predicted octanol–water partition coefficient (Wildman–Crippen LogP) is 3.67. The lowest BCUT2D eigenvalue weighted by molar-refractivity contribution is -0.141. The molecule has 0 saturated heterocycles. The van der Waals surface area contributed by atoms with Crippen LogP contribution in [0.15, 0.2) is 28.7 Å². The Kier molecular flexibility index (Phi) is 8.30. The van der Waals surface area contributed by atoms with E-state index < -0.39 is 0 Å². The van der Waals surface area contributed by atoms with Crippen molar-refractivity contribution in [2.45, 2.75) is 33.1 Å². The van der Waals surface area contributed by atoms with Crippen LogP contribution < -0.4 is 0 Å². The minimum absolute atomic E-state index is 0.0864. The van der Waals surface area contributed by atoms with Crippen molar-refractivity contribution in [1.29, 1.82) is 0 Å². The van der Waals surface area contributed by atoms with Crippen molar-refractivity contribution in [2.75, 3.05) is 26.8 Å². The van der Waals surface area contributed by atoms with E-state index in [1.165, 1.54) is 5.56 Å². The van der Waals surface area contributed by atoms with E-state index in [2.05, 4.69) is 46.1 Å². The summed E-state index contributed by atoms with van der Waals surface area (Å²) in [6.07, 6.45) is 0.805. The Bertz CT molecular complexity index is 354. The summed E-state index contributed by atoms with van der Waals surface area (Å²) < 4.78 is 12.3. The van der Waals surface area contributed by atoms with Crippen LogP contribution in [0, 0.1) is 0 Å². The normalized spacial score (nSPS) is 11.5. The molecule has 1 aromatic carbocycles. The molecule has 0 amide bonds. The zero-order valence-corrected chi connectivity index (χ0v) is 13.6. The summed E-state index contributed by atoms with van der Waals surface area (Å²) in [5.74, 6) is 0. The molecule has 0 aromatic heterocycles. The summed E-state index contributed by atoms with van der Waals surface area (Å²) in [5.41, 5.74) is 1.30. The summed E-state index contributed by atoms with van der Waals surface area (Å²) in [4.78, 5) is 2.28. The molecule has 0 atom stereocenters. The van der Waals surface area contributed by atoms with Crippen molar-refractivity contribution in [3.05, 3.63) is 34.3 Å². The van der Waals surface area contributed by atoms with Crippen LogP contribution in [0.25, 0.3) is 0 Å². The van der Waals surface area contributed by atoms with Crippen molar-refractivity contribution in [1.82, 2.24) is 4.90 Å². The first kappa shape index (κ1) is 16.6. The molecule has 0 aliphatic carbocycles. The maximum Gasteiger partial charge on any atom is 0.158 e. The molecule has 0 bridgehead atoms. The van der Waals surface area contributed by atoms with Crippen LogP contribution in [0.4, 0.5) is 0 Å². The molecule has 19 heavy (non-hydrogen) atoms. The molecular formula is C15H24BrNO2. The molecule has 0 N–H and O–H groups in total. The predicted molar refractivity (Wildman–Crippen MR) is 82.1 cm³/mol. The third kappa shape index (κ3) is 6.52. The van der Waals surface area contributed by atoms with Gasteiger partial charge < -0.3 is 14.4 Å². The monoisotopic (exact) mass is 329 g/mol. The van der Waals surface area contributed by atoms with Crippen LogP contribution in [0.3, 0.4) is 0 Å². The SMILES string of the molecule is CCOC(CCN(C)Cc1ccccc1Br)OCC. The minimum atomic E-state index is -0.0864. The van der Waals surface area contributed by atoms with Gasteiger partial charge in [-0.05, 0) is 32.5 Å². The van der Waals surface area contributed by atoms with Gasteiger partial charge in [-0.15, -0.1) is 0 Å². The van der Waals surface area contributed by atoms with Crippen molar-refractivity contribution in [3.63, 3.8) is 0 Å². The van der Waals surface area contributed by atoms with E-state index >= 15 is 0 Å². The van der Waals surface area contributed by atoms with Gasteiger partial charge >= 0.3 is 0 Å². The molecule has 3 nitrogen and oxygen atoms in total. The van der Waals surface area contributed by atoms with Crippen molar-refractivity contribution < 1.29 is 9.47 Å². The molecule has 1 rings (SSSR count). The molecule has 0 aliphatic rings. The molecule has 0 fully saturated rings. The fraction of sp³-hybridized carbons (Fsp3) is 0.600. The number of hydrogen-bond donors (Lipinski definition) is 0. The molecule has 0 spiro atoms. The van der Waals surface area contributed by atoms with Crippen LogP contribution >= 0.6 is 15.9 Å². The van der Waals surface area contributed by atoms with Crippen molar-refractivity contribution >= 4 is 15.9 Å². The Morgan fingerprint density at radius 3 is 2.37 bits per heavy atom. The van der Waals surface area contributed by atoms with Crippen LogP contribution in [0.2, 0.25) is 0 Å². The maximum atomic E-state index is 5.55. The van der Waals surface area contributed by atoms with Crippen LogP contribution in [0.5, 0.6) is 0 Å². The van der Waals surface area contributed by atoms with E-state index in [9.17, 15) is 0 Å². The van der Waals surface area contributed by atoms with Crippen molar-refractivity contribution in [3.8, 4) is 0 Å². The molecule has 4 heteroatoms. The summed E-state index contributed by atoms with van der Waals surface area (Å²) in [7, 11) is 2.12. The Morgan fingerprint density at radius 1 is 1.16 bits per heavy atom. The Balaban J connectivity index is 2.38. The average Bonchev–Trinajstić information content (AvgIpc) is 2.39. The number of nitrogens with zero attached hydrogens (tertiary/aromatic N) is 1. The summed E-state index contributed by atoms with van der Waals surface area (Å²) in [6, 6.07) is 8.32. The number of halogens is 1. The fourth-order valence-electron chi connectivity index (χ4n) is 1.91. The second-order valence-electron chi connectivity index (χ2n) is 4.46. The third-order valence-corrected chi connectivity index (χ3v) is 3.62. The van der Waals surface area contributed by atoms with E-state index in [0.717, 1.165) is 24.0 Å². The van der Waals surface area contributed by atoms with Gasteiger partial charge in [-0.1, -0.05) is 34.1 Å². The van der Waals surface area contributed by atoms with Gasteiger partial charge in [0, 0.05) is 37.2 Å². The quantitative estimate of drug-likeness (QED) is 0.645. The lowest BCUT2D eigenvalue weighted by Crippen LogP contribution is -2.26. The second-order valence-corrected chi connectivity index (χ2v) is 5.31. The van der Waals surface area contributed by atoms with E-state index in [4.69, 9.17) is 9.47 Å². The van der Waals surface area contributed by atoms with E-state index in [1.807, 2.05) is 19.9 Å². The lowest BCUT2D eigenvalue weighted by atomic mass is 10.2. The number of ether oxygens (including phenoxy) is 2. The number of rotatable bonds is 9. The number of benzene rings is 1. The second kappa shape index (κ2) is 9.48. The Labute approximate surface area is 125 Å². The van der Waals surface area contributed by atoms with Crippen LogP contribution in [-0.2, 0) is 16.0 Å². The van der Waals surface area contributed by atoms with Crippen LogP contribution in [-0.4, -0.2) is 38.0 Å². The van der Waals surface area contributed by atoms with Gasteiger partial charge in [0.1, 0.15) is 0 Å². The minimum Gasteiger partial charge on any atom is -0.353 e. The van der Waals surface area contributed by atoms with Gasteiger partial charge in [0.25, 0.3) is 0 Å². The summed E-state index contributed by atoms with van der Waals surface area (Å²) in [5, 5.41) is 0. The first-order valence-corrected chi connectivity index (χ1v) is 7.61. The fourth-order valence-corrected chi connectivity index (χ4v) is 2.32. The highest BCUT2D eigenvalue weighted by Crippen LogP contribution is 2.17. The first-order valence-electron chi connectivity index (χ1n) is 6.82. The van der Waals surface area contributed by atoms with Gasteiger partial charge in [-0.3, -0.25) is 0 Å². The van der Waals surface area contributed by atoms with Gasteiger partial charge in [-0.25, -0.2) is 0 Å².